The number of hydrogen-bond donors (Lipinski definition) is 0. The number of thiophene rings is 1. The van der Waals surface area contributed by atoms with Gasteiger partial charge in [-0.3, -0.25) is 9.59 Å². The zero-order valence-electron chi connectivity index (χ0n) is 14.8. The van der Waals surface area contributed by atoms with Crippen molar-refractivity contribution < 1.29 is 9.59 Å². The summed E-state index contributed by atoms with van der Waals surface area (Å²) in [5, 5.41) is 1.96. The van der Waals surface area contributed by atoms with Crippen LogP contribution in [0.1, 0.15) is 34.5 Å². The summed E-state index contributed by atoms with van der Waals surface area (Å²) in [5.74, 6) is 0.774. The van der Waals surface area contributed by atoms with Crippen molar-refractivity contribution >= 4 is 23.2 Å². The molecule has 0 saturated carbocycles. The van der Waals surface area contributed by atoms with Crippen LogP contribution in [0.4, 0.5) is 0 Å². The molecule has 5 heteroatoms. The predicted octanol–water partition coefficient (Wildman–Crippen LogP) is 3.44. The molecular formula is C21H24N2O2S. The van der Waals surface area contributed by atoms with Crippen LogP contribution in [0, 0.1) is 5.92 Å². The van der Waals surface area contributed by atoms with Crippen molar-refractivity contribution in [3.63, 3.8) is 0 Å². The van der Waals surface area contributed by atoms with Crippen molar-refractivity contribution in [2.24, 2.45) is 5.92 Å². The van der Waals surface area contributed by atoms with E-state index in [1.54, 1.807) is 0 Å². The Morgan fingerprint density at radius 1 is 1.04 bits per heavy atom. The van der Waals surface area contributed by atoms with Gasteiger partial charge in [0.2, 0.25) is 5.91 Å². The molecule has 2 amide bonds. The zero-order chi connectivity index (χ0) is 17.9. The third-order valence-electron chi connectivity index (χ3n) is 5.61. The van der Waals surface area contributed by atoms with Gasteiger partial charge in [-0.05, 0) is 42.2 Å². The van der Waals surface area contributed by atoms with Crippen molar-refractivity contribution in [1.82, 2.24) is 9.80 Å². The minimum atomic E-state index is 0.166. The van der Waals surface area contributed by atoms with Crippen LogP contribution in [0.25, 0.3) is 0 Å². The van der Waals surface area contributed by atoms with Gasteiger partial charge in [-0.25, -0.2) is 0 Å². The Labute approximate surface area is 158 Å². The molecule has 0 aliphatic carbocycles. The fourth-order valence-corrected chi connectivity index (χ4v) is 4.99. The van der Waals surface area contributed by atoms with Crippen LogP contribution in [-0.2, 0) is 11.2 Å². The monoisotopic (exact) mass is 368 g/mol. The molecule has 26 heavy (non-hydrogen) atoms. The summed E-state index contributed by atoms with van der Waals surface area (Å²) in [5.41, 5.74) is 1.07. The molecule has 0 radical (unpaired) electrons. The molecule has 2 aromatic rings. The first-order valence-corrected chi connectivity index (χ1v) is 10.3. The molecule has 4 nitrogen and oxygen atoms in total. The molecule has 1 aromatic carbocycles. The second-order valence-electron chi connectivity index (χ2n) is 7.24. The summed E-state index contributed by atoms with van der Waals surface area (Å²) < 4.78 is 0. The third-order valence-corrected chi connectivity index (χ3v) is 6.47. The molecule has 2 aliphatic heterocycles. The summed E-state index contributed by atoms with van der Waals surface area (Å²) in [7, 11) is 0. The van der Waals surface area contributed by atoms with Crippen LogP contribution in [0.2, 0.25) is 0 Å². The van der Waals surface area contributed by atoms with Crippen LogP contribution in [-0.4, -0.2) is 47.3 Å². The second kappa shape index (κ2) is 7.62. The number of nitrogens with zero attached hydrogens (tertiary/aromatic N) is 2. The Hall–Kier alpha value is -2.14. The number of benzene rings is 1. The predicted molar refractivity (Wildman–Crippen MR) is 103 cm³/mol. The van der Waals surface area contributed by atoms with Crippen LogP contribution >= 0.6 is 11.3 Å². The smallest absolute Gasteiger partial charge is 0.264 e. The van der Waals surface area contributed by atoms with E-state index in [2.05, 4.69) is 4.90 Å². The average molecular weight is 369 g/mol. The van der Waals surface area contributed by atoms with Gasteiger partial charge >= 0.3 is 0 Å². The number of amides is 2. The average Bonchev–Trinajstić information content (AvgIpc) is 3.22. The fraction of sp³-hybridized carbons (Fsp3) is 0.429. The number of carbonyl (C=O) groups is 2. The fourth-order valence-electron chi connectivity index (χ4n) is 4.31. The van der Waals surface area contributed by atoms with Crippen molar-refractivity contribution in [3.05, 3.63) is 58.3 Å². The Morgan fingerprint density at radius 2 is 1.88 bits per heavy atom. The second-order valence-corrected chi connectivity index (χ2v) is 8.18. The van der Waals surface area contributed by atoms with E-state index in [1.165, 1.54) is 11.3 Å². The lowest BCUT2D eigenvalue weighted by molar-refractivity contribution is -0.133. The summed E-state index contributed by atoms with van der Waals surface area (Å²) in [6.07, 6.45) is 3.49. The molecule has 2 aliphatic rings. The highest BCUT2D eigenvalue weighted by Gasteiger charge is 2.39. The van der Waals surface area contributed by atoms with Gasteiger partial charge in [-0.15, -0.1) is 11.3 Å². The summed E-state index contributed by atoms with van der Waals surface area (Å²) in [4.78, 5) is 30.4. The molecule has 0 spiro atoms. The number of rotatable bonds is 3. The highest BCUT2D eigenvalue weighted by Crippen LogP contribution is 2.32. The number of carbonyl (C=O) groups excluding carboxylic acids is 2. The van der Waals surface area contributed by atoms with Crippen LogP contribution < -0.4 is 0 Å². The van der Waals surface area contributed by atoms with E-state index in [0.29, 0.717) is 12.3 Å². The first-order chi connectivity index (χ1) is 12.7. The lowest BCUT2D eigenvalue weighted by Crippen LogP contribution is -2.56. The van der Waals surface area contributed by atoms with Gasteiger partial charge in [0, 0.05) is 25.7 Å². The maximum absolute atomic E-state index is 12.8. The number of piperidine rings is 2. The molecule has 3 heterocycles. The highest BCUT2D eigenvalue weighted by molar-refractivity contribution is 7.12. The van der Waals surface area contributed by atoms with E-state index in [1.807, 2.05) is 52.7 Å². The maximum atomic E-state index is 12.8. The van der Waals surface area contributed by atoms with Crippen LogP contribution in [0.3, 0.4) is 0 Å². The Morgan fingerprint density at radius 3 is 2.65 bits per heavy atom. The molecular weight excluding hydrogens is 344 g/mol. The van der Waals surface area contributed by atoms with Gasteiger partial charge in [-0.2, -0.15) is 0 Å². The van der Waals surface area contributed by atoms with Gasteiger partial charge in [-0.1, -0.05) is 36.4 Å². The maximum Gasteiger partial charge on any atom is 0.264 e. The first-order valence-electron chi connectivity index (χ1n) is 9.38. The van der Waals surface area contributed by atoms with Crippen molar-refractivity contribution in [1.29, 1.82) is 0 Å². The quantitative estimate of drug-likeness (QED) is 0.833. The van der Waals surface area contributed by atoms with E-state index in [4.69, 9.17) is 0 Å². The Balaban J connectivity index is 1.41. The molecule has 0 bridgehead atoms. The zero-order valence-corrected chi connectivity index (χ0v) is 15.7. The van der Waals surface area contributed by atoms with Gasteiger partial charge < -0.3 is 9.80 Å². The van der Waals surface area contributed by atoms with Crippen molar-refractivity contribution in [3.8, 4) is 0 Å². The SMILES string of the molecule is O=C(Cc1ccccc1)N1CC[C@H]2[C@H](CCCN2C(=O)c2cccs2)C1. The normalized spacial score (nSPS) is 22.8. The molecule has 4 rings (SSSR count). The first kappa shape index (κ1) is 17.3. The summed E-state index contributed by atoms with van der Waals surface area (Å²) in [6.45, 7) is 2.38. The van der Waals surface area contributed by atoms with E-state index in [-0.39, 0.29) is 17.9 Å². The number of likely N-dealkylation sites (tertiary alicyclic amines) is 2. The molecule has 0 N–H and O–H groups in total. The lowest BCUT2D eigenvalue weighted by Gasteiger charge is -2.47. The lowest BCUT2D eigenvalue weighted by atomic mass is 9.83. The minimum Gasteiger partial charge on any atom is -0.342 e. The third kappa shape index (κ3) is 3.54. The number of fused-ring (bicyclic) bond motifs is 1. The van der Waals surface area contributed by atoms with Gasteiger partial charge in [0.1, 0.15) is 0 Å². The molecule has 0 unspecified atom stereocenters. The van der Waals surface area contributed by atoms with Crippen LogP contribution in [0.5, 0.6) is 0 Å². The van der Waals surface area contributed by atoms with Crippen LogP contribution in [0.15, 0.2) is 47.8 Å². The highest BCUT2D eigenvalue weighted by atomic mass is 32.1. The van der Waals surface area contributed by atoms with E-state index in [0.717, 1.165) is 49.3 Å². The van der Waals surface area contributed by atoms with Gasteiger partial charge in [0.05, 0.1) is 11.3 Å². The Bertz CT molecular complexity index is 760. The standard InChI is InChI=1S/C21H24N2O2S/c24-20(14-16-6-2-1-3-7-16)22-12-10-18-17(15-22)8-4-11-23(18)21(25)19-9-5-13-26-19/h1-3,5-7,9,13,17-18H,4,8,10-12,14-15H2/t17-,18+/m1/s1. The Kier molecular flexibility index (Phi) is 5.07. The summed E-state index contributed by atoms with van der Waals surface area (Å²) >= 11 is 1.51. The van der Waals surface area contributed by atoms with E-state index in [9.17, 15) is 9.59 Å². The largest absolute Gasteiger partial charge is 0.342 e. The van der Waals surface area contributed by atoms with Crippen molar-refractivity contribution in [2.75, 3.05) is 19.6 Å². The minimum absolute atomic E-state index is 0.166. The molecule has 2 atom stereocenters. The van der Waals surface area contributed by atoms with Gasteiger partial charge in [0.15, 0.2) is 0 Å². The number of hydrogen-bond acceptors (Lipinski definition) is 3. The summed E-state index contributed by atoms with van der Waals surface area (Å²) in [6, 6.07) is 14.1. The molecule has 2 saturated heterocycles. The van der Waals surface area contributed by atoms with E-state index < -0.39 is 0 Å². The topological polar surface area (TPSA) is 40.6 Å². The molecule has 2 fully saturated rings. The molecule has 136 valence electrons. The molecule has 1 aromatic heterocycles. The van der Waals surface area contributed by atoms with Gasteiger partial charge in [0.25, 0.3) is 5.91 Å². The van der Waals surface area contributed by atoms with E-state index >= 15 is 0 Å². The van der Waals surface area contributed by atoms with Crippen molar-refractivity contribution in [2.45, 2.75) is 31.7 Å².